The fourth-order valence-electron chi connectivity index (χ4n) is 6.95. The van der Waals surface area contributed by atoms with Crippen molar-refractivity contribution in [1.82, 2.24) is 0 Å². The van der Waals surface area contributed by atoms with Crippen LogP contribution in [0.1, 0.15) is 167 Å². The van der Waals surface area contributed by atoms with Crippen molar-refractivity contribution in [2.24, 2.45) is 5.73 Å². The minimum absolute atomic E-state index is 0.000345. The monoisotopic (exact) mass is 943 g/mol. The van der Waals surface area contributed by atoms with E-state index in [2.05, 4.69) is 16.0 Å². The molecule has 4 unspecified atom stereocenters. The molecule has 1 rings (SSSR count). The SMILES string of the molecule is CCCCCCCCCCCCCCCC(=O)O[C@@H](COC(=O)CCCCCCCCCCCCN)COP(=O)(O)OC1C(O)[C@@H](OP(=O)(O)O)C(OP(=O)(O)O)[C@@H](O)[C@H]1O. The first-order valence-electron chi connectivity index (χ1n) is 22.0. The number of phosphoric ester groups is 3. The van der Waals surface area contributed by atoms with Gasteiger partial charge in [-0.1, -0.05) is 135 Å². The Labute approximate surface area is 361 Å². The van der Waals surface area contributed by atoms with Crippen LogP contribution in [0.25, 0.3) is 0 Å². The number of carbonyl (C=O) groups is 2. The number of unbranched alkanes of at least 4 members (excludes halogenated alkanes) is 21. The van der Waals surface area contributed by atoms with Crippen molar-refractivity contribution >= 4 is 35.4 Å². The lowest BCUT2D eigenvalue weighted by atomic mass is 9.85. The standard InChI is InChI=1S/C38H76NO19P3/c1-2-3-4-5-6-7-8-9-10-14-17-20-23-26-32(41)55-30(28-53-31(40)25-22-19-16-13-11-12-15-18-21-24-27-39)29-54-61(51,52)58-36-33(42)34(43)37(56-59(45,46)47)38(35(36)44)57-60(48,49)50/h30,33-38,42-44H,2-29,39H2,1H3,(H,51,52)(H2,45,46,47)(H2,48,49,50)/t30-,33+,34-,35?,36?,37?,38+/m0/s1. The van der Waals surface area contributed by atoms with Gasteiger partial charge in [-0.2, -0.15) is 0 Å². The first-order chi connectivity index (χ1) is 28.8. The van der Waals surface area contributed by atoms with Gasteiger partial charge in [-0.3, -0.25) is 27.7 Å². The molecule has 1 aliphatic rings. The first kappa shape index (κ1) is 58.1. The summed E-state index contributed by atoms with van der Waals surface area (Å²) < 4.78 is 65.2. The third-order valence-corrected chi connectivity index (χ3v) is 12.3. The van der Waals surface area contributed by atoms with Crippen molar-refractivity contribution in [3.8, 4) is 0 Å². The van der Waals surface area contributed by atoms with Gasteiger partial charge in [0, 0.05) is 12.8 Å². The second kappa shape index (κ2) is 32.7. The maximum atomic E-state index is 13.1. The Morgan fingerprint density at radius 1 is 0.508 bits per heavy atom. The molecular formula is C38H76NO19P3. The molecule has 362 valence electrons. The number of hydrogen-bond donors (Lipinski definition) is 9. The van der Waals surface area contributed by atoms with E-state index in [0.717, 1.165) is 77.0 Å². The molecule has 0 spiro atoms. The van der Waals surface area contributed by atoms with Crippen LogP contribution in [0.2, 0.25) is 0 Å². The number of ether oxygens (including phenoxy) is 2. The largest absolute Gasteiger partial charge is 0.472 e. The van der Waals surface area contributed by atoms with Crippen molar-refractivity contribution in [2.45, 2.75) is 210 Å². The molecule has 23 heteroatoms. The number of carbonyl (C=O) groups excluding carboxylic acids is 2. The highest BCUT2D eigenvalue weighted by Gasteiger charge is 2.56. The minimum atomic E-state index is -5.59. The highest BCUT2D eigenvalue weighted by atomic mass is 31.2. The third kappa shape index (κ3) is 29.3. The van der Waals surface area contributed by atoms with Crippen molar-refractivity contribution in [3.63, 3.8) is 0 Å². The molecule has 61 heavy (non-hydrogen) atoms. The van der Waals surface area contributed by atoms with E-state index in [0.29, 0.717) is 19.4 Å². The van der Waals surface area contributed by atoms with Gasteiger partial charge < -0.3 is 55.0 Å². The summed E-state index contributed by atoms with van der Waals surface area (Å²) in [5.74, 6) is -1.30. The molecule has 10 N–H and O–H groups in total. The molecule has 0 radical (unpaired) electrons. The molecule has 20 nitrogen and oxygen atoms in total. The van der Waals surface area contributed by atoms with Crippen LogP contribution >= 0.6 is 23.5 Å². The van der Waals surface area contributed by atoms with Gasteiger partial charge in [0.2, 0.25) is 0 Å². The van der Waals surface area contributed by atoms with Crippen LogP contribution in [0.4, 0.5) is 0 Å². The van der Waals surface area contributed by atoms with Crippen molar-refractivity contribution in [3.05, 3.63) is 0 Å². The number of nitrogens with two attached hydrogens (primary N) is 1. The van der Waals surface area contributed by atoms with E-state index in [-0.39, 0.29) is 12.8 Å². The second-order valence-corrected chi connectivity index (χ2v) is 19.6. The summed E-state index contributed by atoms with van der Waals surface area (Å²) in [4.78, 5) is 72.9. The van der Waals surface area contributed by atoms with Gasteiger partial charge in [-0.25, -0.2) is 13.7 Å². The topological polar surface area (TPSA) is 329 Å². The summed E-state index contributed by atoms with van der Waals surface area (Å²) in [5, 5.41) is 31.8. The zero-order valence-corrected chi connectivity index (χ0v) is 38.5. The van der Waals surface area contributed by atoms with Crippen molar-refractivity contribution in [1.29, 1.82) is 0 Å². The van der Waals surface area contributed by atoms with Gasteiger partial charge in [0.25, 0.3) is 0 Å². The predicted octanol–water partition coefficient (Wildman–Crippen LogP) is 5.73. The molecule has 0 saturated heterocycles. The van der Waals surface area contributed by atoms with Crippen LogP contribution in [0.15, 0.2) is 0 Å². The molecule has 0 aromatic rings. The zero-order chi connectivity index (χ0) is 45.7. The average Bonchev–Trinajstić information content (AvgIpc) is 3.18. The molecular weight excluding hydrogens is 867 g/mol. The molecule has 1 aliphatic carbocycles. The maximum Gasteiger partial charge on any atom is 0.472 e. The molecule has 0 bridgehead atoms. The van der Waals surface area contributed by atoms with E-state index in [1.165, 1.54) is 57.8 Å². The first-order valence-corrected chi connectivity index (χ1v) is 26.6. The Bertz CT molecular complexity index is 1320. The van der Waals surface area contributed by atoms with Crippen LogP contribution in [-0.4, -0.2) is 114 Å². The van der Waals surface area contributed by atoms with Crippen LogP contribution < -0.4 is 5.73 Å². The fraction of sp³-hybridized carbons (Fsp3) is 0.947. The van der Waals surface area contributed by atoms with E-state index in [1.54, 1.807) is 0 Å². The fourth-order valence-corrected chi connectivity index (χ4v) is 9.04. The summed E-state index contributed by atoms with van der Waals surface area (Å²) in [6.07, 6.45) is 8.10. The number of aliphatic hydroxyl groups is 3. The molecule has 0 heterocycles. The van der Waals surface area contributed by atoms with Gasteiger partial charge in [-0.05, 0) is 25.8 Å². The Morgan fingerprint density at radius 2 is 0.885 bits per heavy atom. The lowest BCUT2D eigenvalue weighted by Gasteiger charge is -2.44. The molecule has 0 aromatic carbocycles. The molecule has 1 saturated carbocycles. The molecule has 1 fully saturated rings. The highest BCUT2D eigenvalue weighted by Crippen LogP contribution is 2.51. The third-order valence-electron chi connectivity index (χ3n) is 10.3. The Morgan fingerprint density at radius 3 is 1.31 bits per heavy atom. The van der Waals surface area contributed by atoms with Gasteiger partial charge in [0.05, 0.1) is 6.61 Å². The molecule has 0 aliphatic heterocycles. The highest BCUT2D eigenvalue weighted by molar-refractivity contribution is 7.47. The quantitative estimate of drug-likeness (QED) is 0.0203. The summed E-state index contributed by atoms with van der Waals surface area (Å²) in [6, 6.07) is 0. The normalized spacial score (nSPS) is 22.5. The predicted molar refractivity (Wildman–Crippen MR) is 223 cm³/mol. The number of hydrogen-bond acceptors (Lipinski definition) is 15. The number of rotatable bonds is 38. The zero-order valence-electron chi connectivity index (χ0n) is 35.8. The van der Waals surface area contributed by atoms with Gasteiger partial charge in [-0.15, -0.1) is 0 Å². The lowest BCUT2D eigenvalue weighted by molar-refractivity contribution is -0.213. The number of phosphoric acid groups is 3. The van der Waals surface area contributed by atoms with E-state index < -0.39 is 91.3 Å². The summed E-state index contributed by atoms with van der Waals surface area (Å²) in [6.45, 7) is 1.43. The van der Waals surface area contributed by atoms with Crippen LogP contribution in [0.5, 0.6) is 0 Å². The van der Waals surface area contributed by atoms with E-state index >= 15 is 0 Å². The molecule has 0 aromatic heterocycles. The average molecular weight is 944 g/mol. The number of aliphatic hydroxyl groups excluding tert-OH is 3. The van der Waals surface area contributed by atoms with E-state index in [4.69, 9.17) is 24.3 Å². The summed E-state index contributed by atoms with van der Waals surface area (Å²) in [5.41, 5.74) is 5.52. The van der Waals surface area contributed by atoms with Gasteiger partial charge >= 0.3 is 35.4 Å². The maximum absolute atomic E-state index is 13.1. The second-order valence-electron chi connectivity index (χ2n) is 15.8. The van der Waals surface area contributed by atoms with E-state index in [9.17, 15) is 63.1 Å². The van der Waals surface area contributed by atoms with Crippen LogP contribution in [0, 0.1) is 0 Å². The van der Waals surface area contributed by atoms with Crippen LogP contribution in [0.3, 0.4) is 0 Å². The summed E-state index contributed by atoms with van der Waals surface area (Å²) >= 11 is 0. The van der Waals surface area contributed by atoms with Crippen LogP contribution in [-0.2, 0) is 50.9 Å². The summed E-state index contributed by atoms with van der Waals surface area (Å²) in [7, 11) is -16.6. The Balaban J connectivity index is 2.77. The number of esters is 2. The molecule has 8 atom stereocenters. The van der Waals surface area contributed by atoms with Crippen molar-refractivity contribution < 1.29 is 90.6 Å². The van der Waals surface area contributed by atoms with E-state index in [1.807, 2.05) is 0 Å². The Kier molecular flexibility index (Phi) is 31.2. The Hall–Kier alpha value is -0.890. The van der Waals surface area contributed by atoms with Gasteiger partial charge in [0.15, 0.2) is 6.10 Å². The lowest BCUT2D eigenvalue weighted by Crippen LogP contribution is -2.65. The smallest absolute Gasteiger partial charge is 0.462 e. The van der Waals surface area contributed by atoms with Crippen molar-refractivity contribution in [2.75, 3.05) is 19.8 Å². The van der Waals surface area contributed by atoms with Gasteiger partial charge in [0.1, 0.15) is 43.2 Å². The molecule has 0 amide bonds. The minimum Gasteiger partial charge on any atom is -0.462 e.